The fourth-order valence-electron chi connectivity index (χ4n) is 10.7. The molecule has 3 fully saturated rings. The summed E-state index contributed by atoms with van der Waals surface area (Å²) in [6.07, 6.45) is 15.0. The first kappa shape index (κ1) is 31.4. The number of rotatable bonds is 6. The number of allylic oxidation sites excluding steroid dienone is 2. The van der Waals surface area contributed by atoms with E-state index in [-0.39, 0.29) is 40.8 Å². The Morgan fingerprint density at radius 1 is 1.06 bits per heavy atom. The number of benzene rings is 2. The number of hydrogen-bond donors (Lipinski definition) is 1. The Bertz CT molecular complexity index is 1790. The number of halogens is 1. The van der Waals surface area contributed by atoms with Crippen LogP contribution in [0.25, 0.3) is 11.8 Å². The summed E-state index contributed by atoms with van der Waals surface area (Å²) in [6.45, 7) is 7.18. The van der Waals surface area contributed by atoms with Gasteiger partial charge in [0.25, 0.3) is 0 Å². The van der Waals surface area contributed by atoms with Crippen LogP contribution in [0.15, 0.2) is 83.2 Å². The summed E-state index contributed by atoms with van der Waals surface area (Å²) in [5.74, 6) is 1.23. The van der Waals surface area contributed by atoms with Crippen molar-refractivity contribution >= 4 is 18.1 Å². The third-order valence-corrected chi connectivity index (χ3v) is 13.1. The topological polar surface area (TPSA) is 70.7 Å². The van der Waals surface area contributed by atoms with Crippen LogP contribution in [0.4, 0.5) is 4.39 Å². The highest BCUT2D eigenvalue weighted by Crippen LogP contribution is 2.66. The number of fused-ring (bicyclic) bond motifs is 6. The molecule has 5 aliphatic rings. The second kappa shape index (κ2) is 11.9. The lowest BCUT2D eigenvalue weighted by Gasteiger charge is -2.59. The van der Waals surface area contributed by atoms with Crippen LogP contribution in [0.1, 0.15) is 76.1 Å². The van der Waals surface area contributed by atoms with Crippen LogP contribution in [0.2, 0.25) is 0 Å². The number of aliphatic hydroxyl groups excluding tert-OH is 1. The van der Waals surface area contributed by atoms with Gasteiger partial charge < -0.3 is 5.11 Å². The first-order chi connectivity index (χ1) is 23.1. The third-order valence-electron chi connectivity index (χ3n) is 13.1. The van der Waals surface area contributed by atoms with E-state index < -0.39 is 6.10 Å². The van der Waals surface area contributed by atoms with E-state index in [0.29, 0.717) is 24.2 Å². The van der Waals surface area contributed by atoms with Crippen LogP contribution in [-0.2, 0) is 17.6 Å². The average Bonchev–Trinajstić information content (AvgIpc) is 3.57. The second-order valence-corrected chi connectivity index (χ2v) is 15.8. The lowest BCUT2D eigenvalue weighted by Crippen LogP contribution is -2.57. The van der Waals surface area contributed by atoms with E-state index in [1.807, 2.05) is 28.2 Å². The number of hydrogen-bond acceptors (Lipinski definition) is 5. The molecule has 6 nitrogen and oxygen atoms in total. The molecule has 0 spiro atoms. The molecule has 1 N–H and O–H groups in total. The van der Waals surface area contributed by atoms with Gasteiger partial charge in [-0.05, 0) is 133 Å². The molecule has 1 aromatic heterocycles. The minimum atomic E-state index is -0.471. The van der Waals surface area contributed by atoms with E-state index in [4.69, 9.17) is 10.2 Å². The first-order valence-electron chi connectivity index (χ1n) is 17.9. The Hall–Kier alpha value is -3.84. The number of nitrogens with zero attached hydrogens (tertiary/aromatic N) is 4. The van der Waals surface area contributed by atoms with Crippen molar-refractivity contribution in [2.45, 2.75) is 78.2 Å². The number of ketones is 1. The number of carbonyl (C=O) groups excluding carboxylic acids is 1. The SMILES string of the molecule is CC1CC=NN(CC(=O)C2CCC3C4CCC5=Cc6c(cnn6-c6ccc(F)cc6)CC5(C)C4C(O)CC23C)C=C1Cc1ccccc1. The van der Waals surface area contributed by atoms with E-state index in [0.717, 1.165) is 56.3 Å². The summed E-state index contributed by atoms with van der Waals surface area (Å²) in [7, 11) is 0. The van der Waals surface area contributed by atoms with Crippen LogP contribution < -0.4 is 0 Å². The maximum Gasteiger partial charge on any atom is 0.157 e. The molecule has 250 valence electrons. The molecule has 1 aliphatic heterocycles. The lowest BCUT2D eigenvalue weighted by molar-refractivity contribution is -0.142. The summed E-state index contributed by atoms with van der Waals surface area (Å²) in [5, 5.41) is 23.4. The summed E-state index contributed by atoms with van der Waals surface area (Å²) in [6, 6.07) is 17.0. The highest BCUT2D eigenvalue weighted by atomic mass is 19.1. The van der Waals surface area contributed by atoms with Crippen molar-refractivity contribution < 1.29 is 14.3 Å². The number of carbonyl (C=O) groups is 1. The fraction of sp³-hybridized carbons (Fsp3) is 0.488. The van der Waals surface area contributed by atoms with Gasteiger partial charge in [-0.25, -0.2) is 9.07 Å². The van der Waals surface area contributed by atoms with E-state index in [2.05, 4.69) is 57.3 Å². The van der Waals surface area contributed by atoms with E-state index >= 15 is 0 Å². The molecule has 4 aliphatic carbocycles. The first-order valence-corrected chi connectivity index (χ1v) is 17.9. The van der Waals surface area contributed by atoms with E-state index in [9.17, 15) is 14.3 Å². The van der Waals surface area contributed by atoms with Crippen LogP contribution in [0.3, 0.4) is 0 Å². The van der Waals surface area contributed by atoms with Crippen molar-refractivity contribution in [2.24, 2.45) is 45.5 Å². The van der Waals surface area contributed by atoms with Gasteiger partial charge in [0.15, 0.2) is 5.78 Å². The van der Waals surface area contributed by atoms with Crippen LogP contribution in [0, 0.1) is 46.2 Å². The summed E-state index contributed by atoms with van der Waals surface area (Å²) in [4.78, 5) is 14.2. The molecule has 7 heteroatoms. The van der Waals surface area contributed by atoms with Gasteiger partial charge in [0, 0.05) is 18.3 Å². The summed E-state index contributed by atoms with van der Waals surface area (Å²) >= 11 is 0. The van der Waals surface area contributed by atoms with Gasteiger partial charge >= 0.3 is 0 Å². The molecule has 8 unspecified atom stereocenters. The number of hydrazone groups is 1. The molecule has 3 saturated carbocycles. The quantitative estimate of drug-likeness (QED) is 0.297. The molecular formula is C41H47FN4O2. The smallest absolute Gasteiger partial charge is 0.157 e. The highest BCUT2D eigenvalue weighted by Gasteiger charge is 2.63. The van der Waals surface area contributed by atoms with Crippen molar-refractivity contribution in [3.63, 3.8) is 0 Å². The third kappa shape index (κ3) is 5.20. The maximum atomic E-state index is 14.2. The monoisotopic (exact) mass is 646 g/mol. The fourth-order valence-corrected chi connectivity index (χ4v) is 10.7. The largest absolute Gasteiger partial charge is 0.393 e. The van der Waals surface area contributed by atoms with Crippen molar-refractivity contribution in [1.82, 2.24) is 14.8 Å². The van der Waals surface area contributed by atoms with Crippen LogP contribution in [-0.4, -0.2) is 44.5 Å². The van der Waals surface area contributed by atoms with Crippen molar-refractivity contribution in [1.29, 1.82) is 0 Å². The predicted molar refractivity (Wildman–Crippen MR) is 187 cm³/mol. The van der Waals surface area contributed by atoms with Crippen LogP contribution >= 0.6 is 0 Å². The minimum absolute atomic E-state index is 0.0726. The Kier molecular flexibility index (Phi) is 7.82. The van der Waals surface area contributed by atoms with Gasteiger partial charge in [0.05, 0.1) is 30.2 Å². The summed E-state index contributed by atoms with van der Waals surface area (Å²) < 4.78 is 15.6. The van der Waals surface area contributed by atoms with Gasteiger partial charge in [-0.2, -0.15) is 10.2 Å². The number of Topliss-reactive ketones (excluding diaryl/α,β-unsaturated/α-hetero) is 1. The zero-order valence-corrected chi connectivity index (χ0v) is 28.4. The average molecular weight is 647 g/mol. The molecule has 0 radical (unpaired) electrons. The molecule has 2 aromatic carbocycles. The van der Waals surface area contributed by atoms with E-state index in [1.165, 1.54) is 34.4 Å². The zero-order valence-electron chi connectivity index (χ0n) is 28.4. The Balaban J connectivity index is 1.01. The Morgan fingerprint density at radius 3 is 2.65 bits per heavy atom. The van der Waals surface area contributed by atoms with E-state index in [1.54, 1.807) is 12.1 Å². The highest BCUT2D eigenvalue weighted by molar-refractivity contribution is 5.84. The van der Waals surface area contributed by atoms with Gasteiger partial charge in [0.2, 0.25) is 0 Å². The normalized spacial score (nSPS) is 33.9. The molecule has 8 atom stereocenters. The van der Waals surface area contributed by atoms with Crippen molar-refractivity contribution in [3.05, 3.63) is 101 Å². The second-order valence-electron chi connectivity index (χ2n) is 15.8. The van der Waals surface area contributed by atoms with Crippen molar-refractivity contribution in [3.8, 4) is 5.69 Å². The van der Waals surface area contributed by atoms with Gasteiger partial charge in [-0.15, -0.1) is 0 Å². The molecule has 0 saturated heterocycles. The molecule has 2 heterocycles. The molecule has 0 amide bonds. The molecule has 3 aromatic rings. The predicted octanol–water partition coefficient (Wildman–Crippen LogP) is 7.80. The molecule has 8 rings (SSSR count). The molecule has 48 heavy (non-hydrogen) atoms. The minimum Gasteiger partial charge on any atom is -0.393 e. The van der Waals surface area contributed by atoms with Gasteiger partial charge in [-0.3, -0.25) is 9.80 Å². The zero-order chi connectivity index (χ0) is 33.2. The van der Waals surface area contributed by atoms with Crippen molar-refractivity contribution in [2.75, 3.05) is 6.54 Å². The molecule has 0 bridgehead atoms. The van der Waals surface area contributed by atoms with Gasteiger partial charge in [0.1, 0.15) is 5.82 Å². The maximum absolute atomic E-state index is 14.2. The lowest BCUT2D eigenvalue weighted by atomic mass is 9.46. The Morgan fingerprint density at radius 2 is 1.85 bits per heavy atom. The number of aromatic nitrogens is 2. The van der Waals surface area contributed by atoms with Gasteiger partial charge in [-0.1, -0.05) is 56.7 Å². The Labute approximate surface area is 283 Å². The van der Waals surface area contributed by atoms with Crippen LogP contribution in [0.5, 0.6) is 0 Å². The number of aliphatic hydroxyl groups is 1. The molecular weight excluding hydrogens is 599 g/mol. The standard InChI is InChI=1S/C41H47FN4O2/c1-26-17-18-43-45(24-28(26)19-27-7-5-4-6-8-27)25-38(48)35-16-15-34-33-14-9-30-20-36-29(23-44-46(36)32-12-10-31(42)11-13-32)21-40(30,2)39(33)37(47)22-41(34,35)3/h4-8,10-13,18,20,23-24,26,33-35,37,39,47H,9,14-17,19,21-22,25H2,1-3H3. The summed E-state index contributed by atoms with van der Waals surface area (Å²) in [5.41, 5.74) is 6.69.